The van der Waals surface area contributed by atoms with Crippen LogP contribution in [0.15, 0.2) is 42.5 Å². The number of carbonyl (C=O) groups is 1. The van der Waals surface area contributed by atoms with Crippen LogP contribution in [0, 0.1) is 0 Å². The molecular weight excluding hydrogens is 340 g/mol. The Kier molecular flexibility index (Phi) is 8.14. The van der Waals surface area contributed by atoms with Gasteiger partial charge in [0.05, 0.1) is 14.2 Å². The zero-order valence-corrected chi connectivity index (χ0v) is 16.7. The van der Waals surface area contributed by atoms with E-state index in [0.717, 1.165) is 23.1 Å². The van der Waals surface area contributed by atoms with E-state index >= 15 is 0 Å². The van der Waals surface area contributed by atoms with Crippen molar-refractivity contribution in [3.8, 4) is 22.6 Å². The first-order valence-electron chi connectivity index (χ1n) is 9.39. The fourth-order valence-electron chi connectivity index (χ4n) is 2.83. The van der Waals surface area contributed by atoms with Gasteiger partial charge in [-0.15, -0.1) is 0 Å². The normalized spacial score (nSPS) is 11.7. The van der Waals surface area contributed by atoms with Gasteiger partial charge in [-0.25, -0.2) is 0 Å². The lowest BCUT2D eigenvalue weighted by atomic mass is 9.98. The molecule has 0 heterocycles. The Morgan fingerprint density at radius 3 is 2.37 bits per heavy atom. The number of methoxy groups -OCH3 is 2. The van der Waals surface area contributed by atoms with Crippen molar-refractivity contribution in [1.29, 1.82) is 0 Å². The van der Waals surface area contributed by atoms with Gasteiger partial charge in [0, 0.05) is 25.6 Å². The smallest absolute Gasteiger partial charge is 0.221 e. The molecule has 0 bridgehead atoms. The summed E-state index contributed by atoms with van der Waals surface area (Å²) in [6.07, 6.45) is 1.39. The van der Waals surface area contributed by atoms with Crippen LogP contribution < -0.4 is 20.1 Å². The van der Waals surface area contributed by atoms with E-state index in [2.05, 4.69) is 29.7 Å². The number of amides is 1. The first-order chi connectivity index (χ1) is 13.1. The standard InChI is InChI=1S/C22H30N2O3/c1-5-16(2)24-22(25)11-12-23-15-18-13-20(26-3)21(27-4)14-19(18)17-9-7-6-8-10-17/h6-10,13-14,16,23H,5,11-12,15H2,1-4H3,(H,24,25). The van der Waals surface area contributed by atoms with Gasteiger partial charge >= 0.3 is 0 Å². The van der Waals surface area contributed by atoms with Crippen LogP contribution in [0.25, 0.3) is 11.1 Å². The molecule has 2 aromatic carbocycles. The number of ether oxygens (including phenoxy) is 2. The van der Waals surface area contributed by atoms with E-state index in [1.165, 1.54) is 0 Å². The van der Waals surface area contributed by atoms with Gasteiger partial charge in [0.1, 0.15) is 0 Å². The van der Waals surface area contributed by atoms with Gasteiger partial charge < -0.3 is 20.1 Å². The summed E-state index contributed by atoms with van der Waals surface area (Å²) < 4.78 is 10.9. The second-order valence-electron chi connectivity index (χ2n) is 6.53. The fourth-order valence-corrected chi connectivity index (χ4v) is 2.83. The predicted molar refractivity (Wildman–Crippen MR) is 109 cm³/mol. The number of carbonyl (C=O) groups excluding carboxylic acids is 1. The molecule has 27 heavy (non-hydrogen) atoms. The van der Waals surface area contributed by atoms with Crippen LogP contribution in [0.3, 0.4) is 0 Å². The predicted octanol–water partition coefficient (Wildman–Crippen LogP) is 3.77. The van der Waals surface area contributed by atoms with Crippen LogP contribution >= 0.6 is 0 Å². The third-order valence-electron chi connectivity index (χ3n) is 4.56. The van der Waals surface area contributed by atoms with Gasteiger partial charge in [0.15, 0.2) is 11.5 Å². The van der Waals surface area contributed by atoms with E-state index in [0.29, 0.717) is 31.0 Å². The summed E-state index contributed by atoms with van der Waals surface area (Å²) in [5.74, 6) is 1.48. The lowest BCUT2D eigenvalue weighted by Gasteiger charge is -2.16. The monoisotopic (exact) mass is 370 g/mol. The Morgan fingerprint density at radius 1 is 1.07 bits per heavy atom. The first-order valence-corrected chi connectivity index (χ1v) is 9.39. The maximum absolute atomic E-state index is 11.9. The number of hydrogen-bond acceptors (Lipinski definition) is 4. The van der Waals surface area contributed by atoms with Gasteiger partial charge in [0.25, 0.3) is 0 Å². The van der Waals surface area contributed by atoms with Crippen molar-refractivity contribution in [3.05, 3.63) is 48.0 Å². The Bertz CT molecular complexity index is 732. The molecule has 0 saturated heterocycles. The largest absolute Gasteiger partial charge is 0.493 e. The molecule has 0 spiro atoms. The molecule has 146 valence electrons. The van der Waals surface area contributed by atoms with Crippen molar-refractivity contribution >= 4 is 5.91 Å². The van der Waals surface area contributed by atoms with E-state index in [4.69, 9.17) is 9.47 Å². The van der Waals surface area contributed by atoms with Crippen LogP contribution in [0.4, 0.5) is 0 Å². The minimum absolute atomic E-state index is 0.0763. The minimum Gasteiger partial charge on any atom is -0.493 e. The summed E-state index contributed by atoms with van der Waals surface area (Å²) in [4.78, 5) is 11.9. The summed E-state index contributed by atoms with van der Waals surface area (Å²) in [6, 6.07) is 14.4. The maximum atomic E-state index is 11.9. The lowest BCUT2D eigenvalue weighted by Crippen LogP contribution is -2.33. The average Bonchev–Trinajstić information content (AvgIpc) is 2.71. The molecule has 5 nitrogen and oxygen atoms in total. The number of benzene rings is 2. The zero-order chi connectivity index (χ0) is 19.6. The SMILES string of the molecule is CCC(C)NC(=O)CCNCc1cc(OC)c(OC)cc1-c1ccccc1. The molecule has 2 aromatic rings. The van der Waals surface area contributed by atoms with Gasteiger partial charge in [-0.3, -0.25) is 4.79 Å². The third kappa shape index (κ3) is 6.00. The van der Waals surface area contributed by atoms with Crippen molar-refractivity contribution in [3.63, 3.8) is 0 Å². The van der Waals surface area contributed by atoms with E-state index in [9.17, 15) is 4.79 Å². The number of hydrogen-bond donors (Lipinski definition) is 2. The van der Waals surface area contributed by atoms with Gasteiger partial charge in [0.2, 0.25) is 5.91 Å². The molecule has 1 unspecified atom stereocenters. The molecule has 0 fully saturated rings. The van der Waals surface area contributed by atoms with Crippen LogP contribution in [-0.2, 0) is 11.3 Å². The molecule has 0 saturated carbocycles. The quantitative estimate of drug-likeness (QED) is 0.625. The van der Waals surface area contributed by atoms with Crippen molar-refractivity contribution in [2.24, 2.45) is 0 Å². The summed E-state index contributed by atoms with van der Waals surface area (Å²) >= 11 is 0. The Labute approximate surface area is 162 Å². The molecule has 0 aliphatic heterocycles. The van der Waals surface area contributed by atoms with Gasteiger partial charge in [-0.1, -0.05) is 37.3 Å². The molecule has 2 rings (SSSR count). The molecule has 5 heteroatoms. The highest BCUT2D eigenvalue weighted by atomic mass is 16.5. The van der Waals surface area contributed by atoms with Crippen LogP contribution in [-0.4, -0.2) is 32.7 Å². The Balaban J connectivity index is 2.09. The maximum Gasteiger partial charge on any atom is 0.221 e. The van der Waals surface area contributed by atoms with E-state index in [1.54, 1.807) is 14.2 Å². The van der Waals surface area contributed by atoms with E-state index in [1.807, 2.05) is 37.3 Å². The van der Waals surface area contributed by atoms with Crippen LogP contribution in [0.5, 0.6) is 11.5 Å². The number of nitrogens with one attached hydrogen (secondary N) is 2. The molecular formula is C22H30N2O3. The molecule has 2 N–H and O–H groups in total. The summed E-state index contributed by atoms with van der Waals surface area (Å²) in [6.45, 7) is 5.33. The molecule has 1 amide bonds. The van der Waals surface area contributed by atoms with Crippen molar-refractivity contribution in [1.82, 2.24) is 10.6 Å². The van der Waals surface area contributed by atoms with E-state index in [-0.39, 0.29) is 11.9 Å². The zero-order valence-electron chi connectivity index (χ0n) is 16.7. The van der Waals surface area contributed by atoms with Crippen LogP contribution in [0.1, 0.15) is 32.3 Å². The lowest BCUT2D eigenvalue weighted by molar-refractivity contribution is -0.121. The molecule has 0 radical (unpaired) electrons. The number of rotatable bonds is 10. The second-order valence-corrected chi connectivity index (χ2v) is 6.53. The van der Waals surface area contributed by atoms with Gasteiger partial charge in [-0.2, -0.15) is 0 Å². The van der Waals surface area contributed by atoms with Gasteiger partial charge in [-0.05, 0) is 42.2 Å². The highest BCUT2D eigenvalue weighted by molar-refractivity contribution is 5.76. The average molecular weight is 370 g/mol. The fraction of sp³-hybridized carbons (Fsp3) is 0.409. The Morgan fingerprint density at radius 2 is 1.74 bits per heavy atom. The van der Waals surface area contributed by atoms with E-state index < -0.39 is 0 Å². The van der Waals surface area contributed by atoms with Crippen molar-refractivity contribution in [2.45, 2.75) is 39.3 Å². The summed E-state index contributed by atoms with van der Waals surface area (Å²) in [5, 5.41) is 6.35. The topological polar surface area (TPSA) is 59.6 Å². The highest BCUT2D eigenvalue weighted by Gasteiger charge is 2.13. The van der Waals surface area contributed by atoms with Crippen LogP contribution in [0.2, 0.25) is 0 Å². The summed E-state index contributed by atoms with van der Waals surface area (Å²) in [5.41, 5.74) is 3.30. The highest BCUT2D eigenvalue weighted by Crippen LogP contribution is 2.35. The van der Waals surface area contributed by atoms with Crippen molar-refractivity contribution < 1.29 is 14.3 Å². The van der Waals surface area contributed by atoms with Crippen molar-refractivity contribution in [2.75, 3.05) is 20.8 Å². The first kappa shape index (κ1) is 20.8. The molecule has 1 atom stereocenters. The summed E-state index contributed by atoms with van der Waals surface area (Å²) in [7, 11) is 3.27. The third-order valence-corrected chi connectivity index (χ3v) is 4.56. The second kappa shape index (κ2) is 10.6. The molecule has 0 aromatic heterocycles. The molecule has 0 aliphatic rings. The Hall–Kier alpha value is -2.53. The minimum atomic E-state index is 0.0763. The molecule has 0 aliphatic carbocycles.